The van der Waals surface area contributed by atoms with E-state index in [4.69, 9.17) is 9.72 Å². The molecule has 2 unspecified atom stereocenters. The predicted octanol–water partition coefficient (Wildman–Crippen LogP) is 5.08. The van der Waals surface area contributed by atoms with Crippen molar-refractivity contribution in [3.8, 4) is 28.0 Å². The van der Waals surface area contributed by atoms with Crippen LogP contribution in [0.2, 0.25) is 0 Å². The molecule has 4 aromatic heterocycles. The lowest BCUT2D eigenvalue weighted by atomic mass is 9.92. The zero-order valence-corrected chi connectivity index (χ0v) is 29.9. The molecule has 262 valence electrons. The SMILES string of the molecule is CC(C)Nc1cc(-c2ccc3cc(C#N)cnn23)ncc1-c1nnc(N2CC3CCC(C2)C3NC(=O)N2CCN(C(=O)OC(C)(C)C)CC2)s1. The summed E-state index contributed by atoms with van der Waals surface area (Å²) in [5.74, 6) is 0.642. The molecule has 4 aromatic rings. The number of anilines is 2. The smallest absolute Gasteiger partial charge is 0.410 e. The third kappa shape index (κ3) is 6.89. The quantitative estimate of drug-likeness (QED) is 0.278. The molecule has 0 spiro atoms. The number of carbonyl (C=O) groups is 2. The molecule has 2 bridgehead atoms. The Bertz CT molecular complexity index is 1920. The van der Waals surface area contributed by atoms with E-state index in [-0.39, 0.29) is 24.2 Å². The molecule has 15 heteroatoms. The summed E-state index contributed by atoms with van der Waals surface area (Å²) >= 11 is 1.56. The summed E-state index contributed by atoms with van der Waals surface area (Å²) in [5.41, 5.74) is 4.16. The zero-order valence-electron chi connectivity index (χ0n) is 29.1. The van der Waals surface area contributed by atoms with Gasteiger partial charge >= 0.3 is 12.1 Å². The molecular weight excluding hydrogens is 655 g/mol. The van der Waals surface area contributed by atoms with Crippen molar-refractivity contribution in [1.29, 1.82) is 5.26 Å². The maximum absolute atomic E-state index is 13.3. The van der Waals surface area contributed by atoms with Crippen LogP contribution in [-0.2, 0) is 4.74 Å². The van der Waals surface area contributed by atoms with E-state index in [2.05, 4.69) is 50.7 Å². The lowest BCUT2D eigenvalue weighted by molar-refractivity contribution is 0.0168. The standard InChI is InChI=1S/C35H43N11O3S/c1-21(2)39-27-15-28(29-9-8-25-14-22(16-36)17-38-46(25)29)37-18-26(27)31-41-42-33(50-31)45-19-23-6-7-24(20-45)30(23)40-32(47)43-10-12-44(13-11-43)34(48)49-35(3,4)5/h8-9,14-15,17-18,21,23-24,30H,6-7,10-13,19-20H2,1-5H3,(H,37,39)(H,40,47). The molecule has 0 radical (unpaired) electrons. The summed E-state index contributed by atoms with van der Waals surface area (Å²) in [6.45, 7) is 13.3. The number of pyridine rings is 1. The average Bonchev–Trinajstić information content (AvgIpc) is 3.79. The van der Waals surface area contributed by atoms with E-state index >= 15 is 0 Å². The van der Waals surface area contributed by atoms with Crippen molar-refractivity contribution in [3.63, 3.8) is 0 Å². The Balaban J connectivity index is 1.01. The van der Waals surface area contributed by atoms with Crippen LogP contribution in [0.5, 0.6) is 0 Å². The summed E-state index contributed by atoms with van der Waals surface area (Å²) < 4.78 is 7.29. The number of ether oxygens (including phenoxy) is 1. The molecule has 3 amide bonds. The molecular formula is C35H43N11O3S. The Morgan fingerprint density at radius 1 is 1.02 bits per heavy atom. The predicted molar refractivity (Wildman–Crippen MR) is 191 cm³/mol. The molecule has 2 aliphatic heterocycles. The fourth-order valence-corrected chi connectivity index (χ4v) is 8.06. The Hall–Kier alpha value is -4.97. The van der Waals surface area contributed by atoms with Crippen LogP contribution in [0.3, 0.4) is 0 Å². The van der Waals surface area contributed by atoms with E-state index in [1.807, 2.05) is 50.1 Å². The van der Waals surface area contributed by atoms with Crippen LogP contribution >= 0.6 is 11.3 Å². The highest BCUT2D eigenvalue weighted by molar-refractivity contribution is 7.18. The Morgan fingerprint density at radius 2 is 1.74 bits per heavy atom. The third-order valence-corrected chi connectivity index (χ3v) is 10.5. The number of urea groups is 1. The Morgan fingerprint density at radius 3 is 2.42 bits per heavy atom. The van der Waals surface area contributed by atoms with Crippen molar-refractivity contribution in [2.75, 3.05) is 49.5 Å². The van der Waals surface area contributed by atoms with E-state index in [1.165, 1.54) is 0 Å². The van der Waals surface area contributed by atoms with E-state index in [1.54, 1.807) is 33.0 Å². The summed E-state index contributed by atoms with van der Waals surface area (Å²) in [7, 11) is 0. The average molecular weight is 698 g/mol. The molecule has 50 heavy (non-hydrogen) atoms. The number of hydrogen-bond donors (Lipinski definition) is 2. The number of piperazine rings is 1. The largest absolute Gasteiger partial charge is 0.444 e. The number of nitrogens with zero attached hydrogens (tertiary/aromatic N) is 9. The fourth-order valence-electron chi connectivity index (χ4n) is 7.17. The van der Waals surface area contributed by atoms with Crippen LogP contribution in [0.4, 0.5) is 20.4 Å². The van der Waals surface area contributed by atoms with Gasteiger partial charge in [0.05, 0.1) is 34.2 Å². The highest BCUT2D eigenvalue weighted by Crippen LogP contribution is 2.41. The lowest BCUT2D eigenvalue weighted by Gasteiger charge is -2.40. The van der Waals surface area contributed by atoms with Crippen molar-refractivity contribution in [3.05, 3.63) is 42.2 Å². The maximum Gasteiger partial charge on any atom is 0.410 e. The molecule has 1 aliphatic carbocycles. The number of rotatable bonds is 6. The van der Waals surface area contributed by atoms with Gasteiger partial charge in [-0.3, -0.25) is 4.98 Å². The molecule has 3 aliphatic rings. The van der Waals surface area contributed by atoms with Crippen molar-refractivity contribution in [1.82, 2.24) is 39.9 Å². The first-order chi connectivity index (χ1) is 24.0. The van der Waals surface area contributed by atoms with Crippen molar-refractivity contribution in [2.45, 2.75) is 65.1 Å². The number of carbonyl (C=O) groups excluding carboxylic acids is 2. The second-order valence-corrected chi connectivity index (χ2v) is 15.6. The molecule has 14 nitrogen and oxygen atoms in total. The summed E-state index contributed by atoms with van der Waals surface area (Å²) in [6.07, 6.45) is 5.18. The molecule has 1 saturated carbocycles. The third-order valence-electron chi connectivity index (χ3n) is 9.50. The first-order valence-corrected chi connectivity index (χ1v) is 18.0. The van der Waals surface area contributed by atoms with Gasteiger partial charge in [0.25, 0.3) is 0 Å². The Labute approximate surface area is 295 Å². The minimum atomic E-state index is -0.545. The van der Waals surface area contributed by atoms with E-state index in [9.17, 15) is 14.9 Å². The van der Waals surface area contributed by atoms with Gasteiger partial charge in [-0.05, 0) is 83.6 Å². The van der Waals surface area contributed by atoms with Gasteiger partial charge in [-0.25, -0.2) is 14.1 Å². The van der Waals surface area contributed by atoms with Gasteiger partial charge in [-0.15, -0.1) is 10.2 Å². The molecule has 7 rings (SSSR count). The molecule has 6 heterocycles. The minimum Gasteiger partial charge on any atom is -0.444 e. The van der Waals surface area contributed by atoms with Gasteiger partial charge in [0.15, 0.2) is 5.01 Å². The number of amides is 3. The minimum absolute atomic E-state index is 0.0561. The molecule has 2 saturated heterocycles. The molecule has 0 aromatic carbocycles. The van der Waals surface area contributed by atoms with Crippen LogP contribution in [-0.4, -0.2) is 104 Å². The lowest BCUT2D eigenvalue weighted by Crippen LogP contribution is -2.58. The first-order valence-electron chi connectivity index (χ1n) is 17.2. The zero-order chi connectivity index (χ0) is 35.2. The van der Waals surface area contributed by atoms with Gasteiger partial charge in [-0.2, -0.15) is 10.4 Å². The van der Waals surface area contributed by atoms with E-state index in [0.29, 0.717) is 43.6 Å². The summed E-state index contributed by atoms with van der Waals surface area (Å²) in [4.78, 5) is 36.4. The number of piperidine rings is 1. The molecule has 2 atom stereocenters. The van der Waals surface area contributed by atoms with Gasteiger partial charge in [0, 0.05) is 63.2 Å². The second-order valence-electron chi connectivity index (χ2n) is 14.6. The highest BCUT2D eigenvalue weighted by Gasteiger charge is 2.44. The van der Waals surface area contributed by atoms with E-state index in [0.717, 1.165) is 64.2 Å². The number of nitriles is 1. The summed E-state index contributed by atoms with van der Waals surface area (Å²) in [5, 5.41) is 31.5. The van der Waals surface area contributed by atoms with Crippen LogP contribution in [0.25, 0.3) is 27.5 Å². The maximum atomic E-state index is 13.3. The van der Waals surface area contributed by atoms with Crippen molar-refractivity contribution < 1.29 is 14.3 Å². The van der Waals surface area contributed by atoms with Crippen LogP contribution in [0.15, 0.2) is 36.7 Å². The van der Waals surface area contributed by atoms with Gasteiger partial charge < -0.3 is 30.1 Å². The van der Waals surface area contributed by atoms with Gasteiger partial charge in [0.2, 0.25) is 5.13 Å². The van der Waals surface area contributed by atoms with Crippen LogP contribution < -0.4 is 15.5 Å². The van der Waals surface area contributed by atoms with E-state index < -0.39 is 5.60 Å². The van der Waals surface area contributed by atoms with Gasteiger partial charge in [0.1, 0.15) is 11.7 Å². The number of nitrogens with one attached hydrogen (secondary N) is 2. The normalized spacial score (nSPS) is 20.7. The van der Waals surface area contributed by atoms with Crippen LogP contribution in [0, 0.1) is 23.2 Å². The molecule has 3 fully saturated rings. The number of hydrogen-bond acceptors (Lipinski definition) is 11. The van der Waals surface area contributed by atoms with Crippen molar-refractivity contribution in [2.24, 2.45) is 11.8 Å². The number of fused-ring (bicyclic) bond motifs is 3. The summed E-state index contributed by atoms with van der Waals surface area (Å²) in [6, 6.07) is 10.1. The molecule has 2 N–H and O–H groups in total. The van der Waals surface area contributed by atoms with Crippen LogP contribution in [0.1, 0.15) is 53.0 Å². The second kappa shape index (κ2) is 13.4. The topological polar surface area (TPSA) is 157 Å². The monoisotopic (exact) mass is 697 g/mol. The number of aromatic nitrogens is 5. The van der Waals surface area contributed by atoms with Crippen molar-refractivity contribution >= 4 is 39.8 Å². The highest BCUT2D eigenvalue weighted by atomic mass is 32.1. The Kier molecular flexibility index (Phi) is 8.98. The van der Waals surface area contributed by atoms with Gasteiger partial charge in [-0.1, -0.05) is 11.3 Å². The fraction of sp³-hybridized carbons (Fsp3) is 0.514. The first kappa shape index (κ1) is 33.5.